The van der Waals surface area contributed by atoms with Gasteiger partial charge in [0, 0.05) is 5.92 Å². The molecule has 0 aromatic carbocycles. The van der Waals surface area contributed by atoms with Crippen molar-refractivity contribution in [3.05, 3.63) is 11.6 Å². The highest BCUT2D eigenvalue weighted by Crippen LogP contribution is 2.35. The number of hydrogen-bond acceptors (Lipinski definition) is 3. The first kappa shape index (κ1) is 11.6. The van der Waals surface area contributed by atoms with Crippen molar-refractivity contribution in [3.63, 3.8) is 0 Å². The van der Waals surface area contributed by atoms with Crippen LogP contribution in [0.3, 0.4) is 0 Å². The maximum atomic E-state index is 5.52. The van der Waals surface area contributed by atoms with Crippen LogP contribution in [0.1, 0.15) is 63.0 Å². The van der Waals surface area contributed by atoms with Gasteiger partial charge in [-0.1, -0.05) is 19.8 Å². The van der Waals surface area contributed by atoms with Crippen LogP contribution in [0, 0.1) is 5.92 Å². The Kier molecular flexibility index (Phi) is 3.93. The molecule has 0 saturated heterocycles. The van der Waals surface area contributed by atoms with Crippen molar-refractivity contribution in [2.45, 2.75) is 57.9 Å². The number of H-pyrrole nitrogens is 1. The SMILES string of the molecule is CCCC1CCC(c2n[nH]c(CN)n2)CC1. The minimum atomic E-state index is 0.457. The van der Waals surface area contributed by atoms with E-state index >= 15 is 0 Å². The molecule has 1 fully saturated rings. The number of hydrogen-bond donors (Lipinski definition) is 2. The van der Waals surface area contributed by atoms with Crippen LogP contribution in [0.15, 0.2) is 0 Å². The van der Waals surface area contributed by atoms with E-state index in [0.717, 1.165) is 17.6 Å². The van der Waals surface area contributed by atoms with Crippen molar-refractivity contribution in [2.75, 3.05) is 0 Å². The fourth-order valence-corrected chi connectivity index (χ4v) is 2.70. The molecule has 16 heavy (non-hydrogen) atoms. The van der Waals surface area contributed by atoms with E-state index in [1.54, 1.807) is 0 Å². The predicted octanol–water partition coefficient (Wildman–Crippen LogP) is 2.34. The van der Waals surface area contributed by atoms with Gasteiger partial charge in [0.1, 0.15) is 5.82 Å². The molecule has 0 spiro atoms. The van der Waals surface area contributed by atoms with E-state index < -0.39 is 0 Å². The first-order chi connectivity index (χ1) is 7.83. The van der Waals surface area contributed by atoms with Crippen LogP contribution >= 0.6 is 0 Å². The minimum absolute atomic E-state index is 0.457. The highest BCUT2D eigenvalue weighted by atomic mass is 15.2. The van der Waals surface area contributed by atoms with Gasteiger partial charge in [-0.2, -0.15) is 5.10 Å². The highest BCUT2D eigenvalue weighted by Gasteiger charge is 2.24. The summed E-state index contributed by atoms with van der Waals surface area (Å²) in [6.45, 7) is 2.73. The number of rotatable bonds is 4. The first-order valence-electron chi connectivity index (χ1n) is 6.44. The van der Waals surface area contributed by atoms with Crippen molar-refractivity contribution in [3.8, 4) is 0 Å². The van der Waals surface area contributed by atoms with Gasteiger partial charge < -0.3 is 5.73 Å². The third-order valence-corrected chi connectivity index (χ3v) is 3.65. The maximum Gasteiger partial charge on any atom is 0.153 e. The zero-order valence-electron chi connectivity index (χ0n) is 10.1. The Morgan fingerprint density at radius 1 is 1.31 bits per heavy atom. The van der Waals surface area contributed by atoms with Crippen LogP contribution in [0.5, 0.6) is 0 Å². The van der Waals surface area contributed by atoms with Gasteiger partial charge in [0.15, 0.2) is 5.82 Å². The average molecular weight is 222 g/mol. The van der Waals surface area contributed by atoms with Crippen molar-refractivity contribution in [1.82, 2.24) is 15.2 Å². The Balaban J connectivity index is 1.88. The third-order valence-electron chi connectivity index (χ3n) is 3.65. The maximum absolute atomic E-state index is 5.52. The van der Waals surface area contributed by atoms with Gasteiger partial charge in [0.25, 0.3) is 0 Å². The molecule has 3 N–H and O–H groups in total. The van der Waals surface area contributed by atoms with Gasteiger partial charge in [0.05, 0.1) is 6.54 Å². The molecule has 1 heterocycles. The molecule has 1 aromatic rings. The smallest absolute Gasteiger partial charge is 0.153 e. The molecule has 2 rings (SSSR count). The predicted molar refractivity (Wildman–Crippen MR) is 63.9 cm³/mol. The summed E-state index contributed by atoms with van der Waals surface area (Å²) in [5, 5.41) is 7.17. The molecular formula is C12H22N4. The molecule has 1 aliphatic rings. The number of nitrogens with zero attached hydrogens (tertiary/aromatic N) is 2. The minimum Gasteiger partial charge on any atom is -0.324 e. The van der Waals surface area contributed by atoms with E-state index in [0.29, 0.717) is 12.5 Å². The van der Waals surface area contributed by atoms with Crippen LogP contribution in [-0.2, 0) is 6.54 Å². The van der Waals surface area contributed by atoms with Crippen molar-refractivity contribution < 1.29 is 0 Å². The molecule has 90 valence electrons. The Labute approximate surface area is 97.0 Å². The Bertz CT molecular complexity index is 313. The highest BCUT2D eigenvalue weighted by molar-refractivity contribution is 4.99. The van der Waals surface area contributed by atoms with E-state index in [4.69, 9.17) is 5.73 Å². The average Bonchev–Trinajstić information content (AvgIpc) is 2.79. The summed E-state index contributed by atoms with van der Waals surface area (Å²) >= 11 is 0. The lowest BCUT2D eigenvalue weighted by molar-refractivity contribution is 0.302. The molecule has 0 unspecified atom stereocenters. The number of nitrogens with one attached hydrogen (secondary N) is 1. The first-order valence-corrected chi connectivity index (χ1v) is 6.44. The van der Waals surface area contributed by atoms with E-state index in [-0.39, 0.29) is 0 Å². The lowest BCUT2D eigenvalue weighted by atomic mass is 9.80. The van der Waals surface area contributed by atoms with Crippen molar-refractivity contribution in [1.29, 1.82) is 0 Å². The third kappa shape index (κ3) is 2.61. The summed E-state index contributed by atoms with van der Waals surface area (Å²) in [4.78, 5) is 4.43. The summed E-state index contributed by atoms with van der Waals surface area (Å²) in [7, 11) is 0. The molecule has 1 saturated carbocycles. The number of nitrogens with two attached hydrogens (primary N) is 1. The van der Waals surface area contributed by atoms with Gasteiger partial charge in [-0.25, -0.2) is 4.98 Å². The van der Waals surface area contributed by atoms with Crippen LogP contribution in [-0.4, -0.2) is 15.2 Å². The van der Waals surface area contributed by atoms with E-state index in [1.165, 1.54) is 38.5 Å². The van der Waals surface area contributed by atoms with Gasteiger partial charge in [-0.05, 0) is 31.6 Å². The van der Waals surface area contributed by atoms with Crippen molar-refractivity contribution >= 4 is 0 Å². The van der Waals surface area contributed by atoms with Gasteiger partial charge in [-0.15, -0.1) is 0 Å². The summed E-state index contributed by atoms with van der Waals surface area (Å²) in [5.74, 6) is 3.29. The van der Waals surface area contributed by atoms with Crippen LogP contribution in [0.4, 0.5) is 0 Å². The summed E-state index contributed by atoms with van der Waals surface area (Å²) in [5.41, 5.74) is 5.52. The summed E-state index contributed by atoms with van der Waals surface area (Å²) < 4.78 is 0. The molecular weight excluding hydrogens is 200 g/mol. The molecule has 0 amide bonds. The standard InChI is InChI=1S/C12H22N4/c1-2-3-9-4-6-10(7-5-9)12-14-11(8-13)15-16-12/h9-10H,2-8,13H2,1H3,(H,14,15,16). The molecule has 4 nitrogen and oxygen atoms in total. The number of aromatic nitrogens is 3. The largest absolute Gasteiger partial charge is 0.324 e. The quantitative estimate of drug-likeness (QED) is 0.821. The zero-order valence-corrected chi connectivity index (χ0v) is 10.1. The van der Waals surface area contributed by atoms with Gasteiger partial charge in [0.2, 0.25) is 0 Å². The lowest BCUT2D eigenvalue weighted by Crippen LogP contribution is -2.14. The van der Waals surface area contributed by atoms with Gasteiger partial charge >= 0.3 is 0 Å². The Morgan fingerprint density at radius 2 is 2.06 bits per heavy atom. The van der Waals surface area contributed by atoms with Crippen LogP contribution < -0.4 is 5.73 Å². The second-order valence-corrected chi connectivity index (χ2v) is 4.85. The van der Waals surface area contributed by atoms with Crippen LogP contribution in [0.2, 0.25) is 0 Å². The zero-order chi connectivity index (χ0) is 11.4. The fraction of sp³-hybridized carbons (Fsp3) is 0.833. The molecule has 0 radical (unpaired) electrons. The monoisotopic (exact) mass is 222 g/mol. The summed E-state index contributed by atoms with van der Waals surface area (Å²) in [6, 6.07) is 0. The summed E-state index contributed by atoms with van der Waals surface area (Å²) in [6.07, 6.45) is 7.86. The molecule has 0 aliphatic heterocycles. The molecule has 0 bridgehead atoms. The second-order valence-electron chi connectivity index (χ2n) is 4.85. The molecule has 1 aliphatic carbocycles. The number of aromatic amines is 1. The normalized spacial score (nSPS) is 25.9. The Morgan fingerprint density at radius 3 is 2.62 bits per heavy atom. The van der Waals surface area contributed by atoms with Crippen molar-refractivity contribution in [2.24, 2.45) is 11.7 Å². The topological polar surface area (TPSA) is 67.6 Å². The van der Waals surface area contributed by atoms with Crippen LogP contribution in [0.25, 0.3) is 0 Å². The lowest BCUT2D eigenvalue weighted by Gasteiger charge is -2.26. The molecule has 0 atom stereocenters. The Hall–Kier alpha value is -0.900. The molecule has 1 aromatic heterocycles. The fourth-order valence-electron chi connectivity index (χ4n) is 2.70. The second kappa shape index (κ2) is 5.43. The van der Waals surface area contributed by atoms with E-state index in [1.807, 2.05) is 0 Å². The van der Waals surface area contributed by atoms with E-state index in [9.17, 15) is 0 Å². The van der Waals surface area contributed by atoms with E-state index in [2.05, 4.69) is 22.1 Å². The molecule has 4 heteroatoms. The van der Waals surface area contributed by atoms with Gasteiger partial charge in [-0.3, -0.25) is 5.10 Å².